The molecule has 0 saturated heterocycles. The first-order valence-corrected chi connectivity index (χ1v) is 14.4. The molecule has 0 spiro atoms. The fraction of sp³-hybridized carbons (Fsp3) is 0.0769. The van der Waals surface area contributed by atoms with Crippen molar-refractivity contribution in [2.24, 2.45) is 0 Å². The minimum atomic E-state index is -3.05. The van der Waals surface area contributed by atoms with Gasteiger partial charge in [0.05, 0.1) is 0 Å². The molecule has 0 radical (unpaired) electrons. The molecule has 0 aromatic heterocycles. The topological polar surface area (TPSA) is 18.5 Å². The Kier molecular flexibility index (Phi) is 4.89. The molecule has 1 heterocycles. The average Bonchev–Trinajstić information content (AvgIpc) is 3.31. The summed E-state index contributed by atoms with van der Waals surface area (Å²) in [4.78, 5) is 0. The predicted molar refractivity (Wildman–Crippen MR) is 130 cm³/mol. The van der Waals surface area contributed by atoms with Gasteiger partial charge in [0.1, 0.15) is 0 Å². The van der Waals surface area contributed by atoms with Crippen LogP contribution < -0.4 is 25.4 Å². The molecule has 0 saturated carbocycles. The Balaban J connectivity index is 1.85. The zero-order chi connectivity index (χ0) is 20.5. The van der Waals surface area contributed by atoms with Crippen molar-refractivity contribution in [2.45, 2.75) is 6.16 Å². The molecule has 5 rings (SSSR count). The van der Waals surface area contributed by atoms with Gasteiger partial charge in [0.2, 0.25) is 0 Å². The molecular weight excluding hydrogens is 455 g/mol. The van der Waals surface area contributed by atoms with Gasteiger partial charge in [0.25, 0.3) is 0 Å². The summed E-state index contributed by atoms with van der Waals surface area (Å²) in [5, 5.41) is 0.818. The van der Waals surface area contributed by atoms with Gasteiger partial charge < -0.3 is 0 Å². The second-order valence-corrected chi connectivity index (χ2v) is 16.4. The summed E-state index contributed by atoms with van der Waals surface area (Å²) >= 11 is 4.50. The predicted octanol–water partition coefficient (Wildman–Crippen LogP) is 5.76. The van der Waals surface area contributed by atoms with Crippen molar-refractivity contribution in [1.82, 2.24) is 0 Å². The van der Waals surface area contributed by atoms with Crippen LogP contribution in [0.5, 0.6) is 11.5 Å². The van der Waals surface area contributed by atoms with E-state index in [2.05, 4.69) is 119 Å². The fourth-order valence-corrected chi connectivity index (χ4v) is 12.0. The van der Waals surface area contributed by atoms with Crippen LogP contribution in [0.2, 0.25) is 0 Å². The Morgan fingerprint density at radius 1 is 0.600 bits per heavy atom. The van der Waals surface area contributed by atoms with Crippen molar-refractivity contribution in [2.75, 3.05) is 6.79 Å². The van der Waals surface area contributed by atoms with Gasteiger partial charge in [-0.05, 0) is 0 Å². The third-order valence-corrected chi connectivity index (χ3v) is 15.3. The summed E-state index contributed by atoms with van der Waals surface area (Å²) < 4.78 is 11.6. The van der Waals surface area contributed by atoms with E-state index in [-0.39, 0.29) is 6.79 Å². The Bertz CT molecular complexity index is 1060. The van der Waals surface area contributed by atoms with E-state index >= 15 is 0 Å². The van der Waals surface area contributed by atoms with Gasteiger partial charge in [-0.25, -0.2) is 0 Å². The number of benzene rings is 4. The number of fused-ring (bicyclic) bond motifs is 1. The molecule has 0 unspecified atom stereocenters. The second-order valence-electron chi connectivity index (χ2n) is 7.50. The molecule has 150 valence electrons. The van der Waals surface area contributed by atoms with E-state index in [0.717, 1.165) is 23.2 Å². The molecule has 2 nitrogen and oxygen atoms in total. The zero-order valence-corrected chi connectivity index (χ0v) is 18.9. The quantitative estimate of drug-likeness (QED) is 0.341. The first-order valence-electron chi connectivity index (χ1n) is 9.97. The number of ether oxygens (including phenoxy) is 2. The van der Waals surface area contributed by atoms with Crippen molar-refractivity contribution in [1.29, 1.82) is 0 Å². The Morgan fingerprint density at radius 3 is 1.60 bits per heavy atom. The van der Waals surface area contributed by atoms with Gasteiger partial charge >= 0.3 is 185 Å². The Hall–Kier alpha value is -2.61. The molecular formula is C26H22BrO2P. The van der Waals surface area contributed by atoms with Crippen LogP contribution in [0.1, 0.15) is 5.56 Å². The normalized spacial score (nSPS) is 14.1. The van der Waals surface area contributed by atoms with Crippen LogP contribution >= 0.6 is 20.8 Å². The van der Waals surface area contributed by atoms with Gasteiger partial charge in [-0.1, -0.05) is 0 Å². The standard InChI is InChI=1S/C26H22BrO2P/c27-30(22-12-4-1-5-13-22,23-14-6-2-7-15-23,24-16-8-3-9-17-24)19-21-11-10-18-25-26(21)29-20-28-25/h1-18H,19-20H2. The van der Waals surface area contributed by atoms with Gasteiger partial charge in [-0.2, -0.15) is 0 Å². The third kappa shape index (κ3) is 2.96. The van der Waals surface area contributed by atoms with Crippen LogP contribution in [0, 0.1) is 0 Å². The maximum atomic E-state index is 5.91. The molecule has 1 aliphatic rings. The molecule has 0 atom stereocenters. The van der Waals surface area contributed by atoms with Crippen LogP contribution in [0.15, 0.2) is 109 Å². The van der Waals surface area contributed by atoms with E-state index in [4.69, 9.17) is 9.47 Å². The van der Waals surface area contributed by atoms with E-state index in [9.17, 15) is 0 Å². The summed E-state index contributed by atoms with van der Waals surface area (Å²) in [7, 11) is 0. The Labute approximate surface area is 185 Å². The zero-order valence-electron chi connectivity index (χ0n) is 16.4. The number of hydrogen-bond acceptors (Lipinski definition) is 2. The molecule has 0 fully saturated rings. The molecule has 4 aromatic carbocycles. The van der Waals surface area contributed by atoms with Gasteiger partial charge in [-0.3, -0.25) is 0 Å². The average molecular weight is 477 g/mol. The van der Waals surface area contributed by atoms with Gasteiger partial charge in [0.15, 0.2) is 0 Å². The summed E-state index contributed by atoms with van der Waals surface area (Å²) in [6.45, 7) is 0.270. The van der Waals surface area contributed by atoms with E-state index in [0.29, 0.717) is 0 Å². The molecule has 1 aliphatic heterocycles. The molecule has 30 heavy (non-hydrogen) atoms. The van der Waals surface area contributed by atoms with Crippen LogP contribution in [0.3, 0.4) is 0 Å². The SMILES string of the molecule is BrP(Cc1cccc2c1OCO2)(c1ccccc1)(c1ccccc1)c1ccccc1. The van der Waals surface area contributed by atoms with Gasteiger partial charge in [-0.15, -0.1) is 0 Å². The monoisotopic (exact) mass is 476 g/mol. The van der Waals surface area contributed by atoms with E-state index in [1.807, 2.05) is 6.07 Å². The van der Waals surface area contributed by atoms with Crippen LogP contribution in [-0.4, -0.2) is 6.79 Å². The maximum absolute atomic E-state index is 5.91. The molecule has 0 N–H and O–H groups in total. The van der Waals surface area contributed by atoms with Crippen molar-refractivity contribution < 1.29 is 9.47 Å². The summed E-state index contributed by atoms with van der Waals surface area (Å²) in [5.74, 6) is 1.67. The van der Waals surface area contributed by atoms with E-state index in [1.165, 1.54) is 15.9 Å². The molecule has 4 aromatic rings. The number of rotatable bonds is 5. The molecule has 0 amide bonds. The number of halogens is 1. The van der Waals surface area contributed by atoms with E-state index < -0.39 is 5.31 Å². The van der Waals surface area contributed by atoms with E-state index in [1.54, 1.807) is 0 Å². The number of hydrogen-bond donors (Lipinski definition) is 0. The molecule has 4 heteroatoms. The summed E-state index contributed by atoms with van der Waals surface area (Å²) in [5.41, 5.74) is 1.15. The third-order valence-electron chi connectivity index (χ3n) is 5.83. The second kappa shape index (κ2) is 7.58. The number of para-hydroxylation sites is 1. The van der Waals surface area contributed by atoms with Crippen LogP contribution in [-0.2, 0) is 6.16 Å². The van der Waals surface area contributed by atoms with Crippen LogP contribution in [0.4, 0.5) is 0 Å². The minimum absolute atomic E-state index is 0.270. The summed E-state index contributed by atoms with van der Waals surface area (Å²) in [6.07, 6.45) is 0.788. The van der Waals surface area contributed by atoms with Gasteiger partial charge in [0, 0.05) is 0 Å². The first-order chi connectivity index (χ1) is 14.7. The van der Waals surface area contributed by atoms with Crippen molar-refractivity contribution >= 4 is 36.7 Å². The summed E-state index contributed by atoms with van der Waals surface area (Å²) in [6, 6.07) is 38.6. The van der Waals surface area contributed by atoms with Crippen molar-refractivity contribution in [3.63, 3.8) is 0 Å². The molecule has 0 aliphatic carbocycles. The first kappa shape index (κ1) is 19.4. The molecule has 0 bridgehead atoms. The van der Waals surface area contributed by atoms with Crippen LogP contribution in [0.25, 0.3) is 0 Å². The fourth-order valence-electron chi connectivity index (χ4n) is 4.37. The van der Waals surface area contributed by atoms with Crippen molar-refractivity contribution in [3.05, 3.63) is 115 Å². The Morgan fingerprint density at radius 2 is 1.10 bits per heavy atom. The van der Waals surface area contributed by atoms with Crippen molar-refractivity contribution in [3.8, 4) is 11.5 Å².